The number of nitrogens with zero attached hydrogens (tertiary/aromatic N) is 2. The first-order valence-corrected chi connectivity index (χ1v) is 5.31. The number of rotatable bonds is 3. The molecule has 100 valence electrons. The van der Waals surface area contributed by atoms with E-state index in [1.807, 2.05) is 0 Å². The van der Waals surface area contributed by atoms with Crippen molar-refractivity contribution in [2.24, 2.45) is 0 Å². The third-order valence-electron chi connectivity index (χ3n) is 2.41. The molecule has 1 heterocycles. The lowest BCUT2D eigenvalue weighted by Crippen LogP contribution is -2.09. The van der Waals surface area contributed by atoms with Gasteiger partial charge in [-0.05, 0) is 18.2 Å². The fourth-order valence-electron chi connectivity index (χ4n) is 1.63. The molecule has 19 heavy (non-hydrogen) atoms. The monoisotopic (exact) mass is 270 g/mol. The molecule has 0 bridgehead atoms. The van der Waals surface area contributed by atoms with Gasteiger partial charge in [-0.25, -0.2) is 4.68 Å². The predicted octanol–water partition coefficient (Wildman–Crippen LogP) is 2.52. The zero-order valence-electron chi connectivity index (χ0n) is 9.55. The number of benzene rings is 1. The average molecular weight is 270 g/mol. The van der Waals surface area contributed by atoms with Crippen LogP contribution < -0.4 is 0 Å². The second-order valence-corrected chi connectivity index (χ2v) is 3.84. The summed E-state index contributed by atoms with van der Waals surface area (Å²) in [6.07, 6.45) is -5.13. The summed E-state index contributed by atoms with van der Waals surface area (Å²) in [5, 5.41) is 12.2. The fourth-order valence-corrected chi connectivity index (χ4v) is 1.63. The molecular weight excluding hydrogens is 261 g/mol. The Kier molecular flexibility index (Phi) is 3.28. The molecule has 1 aromatic carbocycles. The van der Waals surface area contributed by atoms with Crippen LogP contribution in [0, 0.1) is 0 Å². The average Bonchev–Trinajstić information content (AvgIpc) is 2.73. The van der Waals surface area contributed by atoms with E-state index in [1.165, 1.54) is 0 Å². The van der Waals surface area contributed by atoms with Crippen molar-refractivity contribution >= 4 is 5.97 Å². The second-order valence-electron chi connectivity index (χ2n) is 3.84. The Labute approximate surface area is 106 Å². The molecule has 0 aliphatic rings. The van der Waals surface area contributed by atoms with Gasteiger partial charge in [0.1, 0.15) is 0 Å². The van der Waals surface area contributed by atoms with E-state index in [1.54, 1.807) is 30.3 Å². The summed E-state index contributed by atoms with van der Waals surface area (Å²) in [7, 11) is 0. The number of aliphatic carboxylic acids is 1. The van der Waals surface area contributed by atoms with Gasteiger partial charge in [0.05, 0.1) is 17.8 Å². The summed E-state index contributed by atoms with van der Waals surface area (Å²) in [6, 6.07) is 8.83. The van der Waals surface area contributed by atoms with Gasteiger partial charge in [0, 0.05) is 0 Å². The standard InChI is InChI=1S/C12H9F3N2O2/c13-12(14,15)10-6-9(7-11(18)19)17(16-10)8-4-2-1-3-5-8/h1-6H,7H2,(H,18,19). The van der Waals surface area contributed by atoms with Gasteiger partial charge in [-0.3, -0.25) is 4.79 Å². The van der Waals surface area contributed by atoms with Gasteiger partial charge in [0.25, 0.3) is 0 Å². The second kappa shape index (κ2) is 4.75. The molecule has 1 aromatic heterocycles. The van der Waals surface area contributed by atoms with Gasteiger partial charge in [0.15, 0.2) is 5.69 Å². The van der Waals surface area contributed by atoms with Crippen LogP contribution in [0.5, 0.6) is 0 Å². The number of aromatic nitrogens is 2. The molecule has 0 aliphatic heterocycles. The van der Waals surface area contributed by atoms with Crippen molar-refractivity contribution < 1.29 is 23.1 Å². The Bertz CT molecular complexity index is 591. The van der Waals surface area contributed by atoms with E-state index in [9.17, 15) is 18.0 Å². The lowest BCUT2D eigenvalue weighted by molar-refractivity contribution is -0.141. The molecule has 4 nitrogen and oxygen atoms in total. The molecular formula is C12H9F3N2O2. The van der Waals surface area contributed by atoms with Crippen LogP contribution in [0.15, 0.2) is 36.4 Å². The normalized spacial score (nSPS) is 11.5. The summed E-state index contributed by atoms with van der Waals surface area (Å²) in [5.41, 5.74) is -0.743. The van der Waals surface area contributed by atoms with Crippen LogP contribution in [0.1, 0.15) is 11.4 Å². The van der Waals surface area contributed by atoms with Crippen LogP contribution in [-0.2, 0) is 17.4 Å². The topological polar surface area (TPSA) is 55.1 Å². The lowest BCUT2D eigenvalue weighted by Gasteiger charge is -2.05. The molecule has 0 saturated carbocycles. The summed E-state index contributed by atoms with van der Waals surface area (Å²) < 4.78 is 38.8. The van der Waals surface area contributed by atoms with Crippen molar-refractivity contribution in [3.63, 3.8) is 0 Å². The first-order valence-electron chi connectivity index (χ1n) is 5.31. The van der Waals surface area contributed by atoms with Crippen molar-refractivity contribution in [1.82, 2.24) is 9.78 Å². The largest absolute Gasteiger partial charge is 0.481 e. The molecule has 0 unspecified atom stereocenters. The number of hydrogen-bond donors (Lipinski definition) is 1. The highest BCUT2D eigenvalue weighted by Crippen LogP contribution is 2.29. The van der Waals surface area contributed by atoms with Gasteiger partial charge in [-0.2, -0.15) is 18.3 Å². The smallest absolute Gasteiger partial charge is 0.435 e. The number of halogens is 3. The van der Waals surface area contributed by atoms with Gasteiger partial charge in [-0.1, -0.05) is 18.2 Å². The summed E-state index contributed by atoms with van der Waals surface area (Å²) in [5.74, 6) is -1.22. The Morgan fingerprint density at radius 2 is 1.89 bits per heavy atom. The Morgan fingerprint density at radius 3 is 2.42 bits per heavy atom. The zero-order chi connectivity index (χ0) is 14.0. The van der Waals surface area contributed by atoms with Crippen molar-refractivity contribution in [3.05, 3.63) is 47.8 Å². The van der Waals surface area contributed by atoms with Gasteiger partial charge < -0.3 is 5.11 Å². The van der Waals surface area contributed by atoms with Crippen LogP contribution >= 0.6 is 0 Å². The summed E-state index contributed by atoms with van der Waals surface area (Å²) in [6.45, 7) is 0. The van der Waals surface area contributed by atoms with E-state index in [0.29, 0.717) is 5.69 Å². The molecule has 0 aliphatic carbocycles. The van der Waals surface area contributed by atoms with Crippen LogP contribution in [0.2, 0.25) is 0 Å². The molecule has 0 amide bonds. The maximum atomic E-state index is 12.6. The van der Waals surface area contributed by atoms with Crippen LogP contribution in [-0.4, -0.2) is 20.9 Å². The van der Waals surface area contributed by atoms with Gasteiger partial charge >= 0.3 is 12.1 Å². The first kappa shape index (κ1) is 13.1. The quantitative estimate of drug-likeness (QED) is 0.932. The van der Waals surface area contributed by atoms with E-state index < -0.39 is 24.3 Å². The number of alkyl halides is 3. The van der Waals surface area contributed by atoms with E-state index >= 15 is 0 Å². The molecule has 0 spiro atoms. The molecule has 0 atom stereocenters. The zero-order valence-corrected chi connectivity index (χ0v) is 9.55. The third kappa shape index (κ3) is 2.93. The van der Waals surface area contributed by atoms with Gasteiger partial charge in [-0.15, -0.1) is 0 Å². The minimum atomic E-state index is -4.60. The molecule has 7 heteroatoms. The van der Waals surface area contributed by atoms with Gasteiger partial charge in [0.2, 0.25) is 0 Å². The first-order chi connectivity index (χ1) is 8.88. The Balaban J connectivity index is 2.52. The van der Waals surface area contributed by atoms with E-state index in [2.05, 4.69) is 5.10 Å². The summed E-state index contributed by atoms with van der Waals surface area (Å²) >= 11 is 0. The van der Waals surface area contributed by atoms with Crippen LogP contribution in [0.3, 0.4) is 0 Å². The number of carbonyl (C=O) groups is 1. The third-order valence-corrected chi connectivity index (χ3v) is 2.41. The molecule has 2 aromatic rings. The Hall–Kier alpha value is -2.31. The highest BCUT2D eigenvalue weighted by atomic mass is 19.4. The van der Waals surface area contributed by atoms with Crippen molar-refractivity contribution in [2.75, 3.05) is 0 Å². The minimum Gasteiger partial charge on any atom is -0.481 e. The highest BCUT2D eigenvalue weighted by molar-refractivity contribution is 5.70. The van der Waals surface area contributed by atoms with Crippen molar-refractivity contribution in [3.8, 4) is 5.69 Å². The number of carboxylic acid groups (broad SMARTS) is 1. The van der Waals surface area contributed by atoms with E-state index in [4.69, 9.17) is 5.11 Å². The molecule has 0 radical (unpaired) electrons. The SMILES string of the molecule is O=C(O)Cc1cc(C(F)(F)F)nn1-c1ccccc1. The molecule has 2 rings (SSSR count). The van der Waals surface area contributed by atoms with Crippen molar-refractivity contribution in [2.45, 2.75) is 12.6 Å². The maximum Gasteiger partial charge on any atom is 0.435 e. The predicted molar refractivity (Wildman–Crippen MR) is 59.9 cm³/mol. The fraction of sp³-hybridized carbons (Fsp3) is 0.167. The lowest BCUT2D eigenvalue weighted by atomic mass is 10.2. The highest BCUT2D eigenvalue weighted by Gasteiger charge is 2.35. The molecule has 0 saturated heterocycles. The van der Waals surface area contributed by atoms with E-state index in [0.717, 1.165) is 10.7 Å². The van der Waals surface area contributed by atoms with E-state index in [-0.39, 0.29) is 5.69 Å². The van der Waals surface area contributed by atoms with Crippen molar-refractivity contribution in [1.29, 1.82) is 0 Å². The minimum absolute atomic E-state index is 0.0222. The number of carboxylic acids is 1. The summed E-state index contributed by atoms with van der Waals surface area (Å²) in [4.78, 5) is 10.7. The Morgan fingerprint density at radius 1 is 1.26 bits per heavy atom. The van der Waals surface area contributed by atoms with Crippen LogP contribution in [0.25, 0.3) is 5.69 Å². The molecule has 1 N–H and O–H groups in total. The van der Waals surface area contributed by atoms with Crippen LogP contribution in [0.4, 0.5) is 13.2 Å². The maximum absolute atomic E-state index is 12.6. The molecule has 0 fully saturated rings. The number of hydrogen-bond acceptors (Lipinski definition) is 2. The number of para-hydroxylation sites is 1.